The molecule has 0 heterocycles. The van der Waals surface area contributed by atoms with Crippen molar-refractivity contribution in [1.82, 2.24) is 4.72 Å². The topological polar surface area (TPSA) is 72.2 Å². The maximum atomic E-state index is 11.5. The molecular weight excluding hydrogens is 224 g/mol. The fourth-order valence-electron chi connectivity index (χ4n) is 1.30. The molecule has 0 aliphatic rings. The molecule has 0 amide bonds. The van der Waals surface area contributed by atoms with Crippen LogP contribution in [0.15, 0.2) is 24.3 Å². The fraction of sp³-hybridized carbons (Fsp3) is 0.455. The molecule has 90 valence electrons. The maximum Gasteiger partial charge on any atom is 0.211 e. The number of benzene rings is 1. The lowest BCUT2D eigenvalue weighted by Crippen LogP contribution is -2.25. The molecule has 1 rings (SSSR count). The van der Waals surface area contributed by atoms with Crippen LogP contribution in [-0.2, 0) is 16.6 Å². The van der Waals surface area contributed by atoms with E-state index in [-0.39, 0.29) is 5.75 Å². The van der Waals surface area contributed by atoms with Crippen LogP contribution in [0, 0.1) is 0 Å². The molecule has 0 saturated carbocycles. The van der Waals surface area contributed by atoms with Gasteiger partial charge in [-0.25, -0.2) is 13.1 Å². The molecule has 3 N–H and O–H groups in total. The third-order valence-corrected chi connectivity index (χ3v) is 3.62. The van der Waals surface area contributed by atoms with Crippen molar-refractivity contribution in [2.45, 2.75) is 26.3 Å². The van der Waals surface area contributed by atoms with Crippen molar-refractivity contribution in [1.29, 1.82) is 0 Å². The van der Waals surface area contributed by atoms with E-state index in [0.717, 1.165) is 12.0 Å². The first-order chi connectivity index (χ1) is 7.53. The molecule has 4 nitrogen and oxygen atoms in total. The van der Waals surface area contributed by atoms with E-state index in [0.29, 0.717) is 18.7 Å². The molecule has 16 heavy (non-hydrogen) atoms. The molecular formula is C11H18N2O2S. The van der Waals surface area contributed by atoms with Crippen molar-refractivity contribution in [3.63, 3.8) is 0 Å². The van der Waals surface area contributed by atoms with Gasteiger partial charge in [-0.15, -0.1) is 0 Å². The first kappa shape index (κ1) is 13.0. The molecule has 0 unspecified atom stereocenters. The van der Waals surface area contributed by atoms with E-state index in [1.807, 2.05) is 19.1 Å². The Hall–Kier alpha value is -1.07. The lowest BCUT2D eigenvalue weighted by molar-refractivity contribution is 0.578. The average molecular weight is 242 g/mol. The van der Waals surface area contributed by atoms with Crippen molar-refractivity contribution in [3.8, 4) is 0 Å². The van der Waals surface area contributed by atoms with E-state index in [1.165, 1.54) is 0 Å². The number of hydrogen-bond acceptors (Lipinski definition) is 3. The highest BCUT2D eigenvalue weighted by atomic mass is 32.2. The summed E-state index contributed by atoms with van der Waals surface area (Å²) in [6, 6.07) is 7.20. The Bertz CT molecular complexity index is 429. The van der Waals surface area contributed by atoms with Crippen LogP contribution < -0.4 is 10.5 Å². The number of sulfonamides is 1. The zero-order valence-corrected chi connectivity index (χ0v) is 10.3. The number of nitrogens with one attached hydrogen (secondary N) is 1. The molecule has 1 aromatic carbocycles. The second kappa shape index (κ2) is 5.86. The van der Waals surface area contributed by atoms with Gasteiger partial charge in [0.2, 0.25) is 10.0 Å². The largest absolute Gasteiger partial charge is 0.399 e. The van der Waals surface area contributed by atoms with Gasteiger partial charge in [0.25, 0.3) is 0 Å². The first-order valence-electron chi connectivity index (χ1n) is 5.35. The van der Waals surface area contributed by atoms with Crippen LogP contribution in [0.25, 0.3) is 0 Å². The molecule has 0 saturated heterocycles. The van der Waals surface area contributed by atoms with E-state index in [9.17, 15) is 8.42 Å². The zero-order chi connectivity index (χ0) is 12.0. The first-order valence-corrected chi connectivity index (χ1v) is 7.00. The van der Waals surface area contributed by atoms with E-state index in [4.69, 9.17) is 5.73 Å². The Labute approximate surface area is 96.9 Å². The van der Waals surface area contributed by atoms with Crippen molar-refractivity contribution < 1.29 is 8.42 Å². The molecule has 0 aromatic heterocycles. The summed E-state index contributed by atoms with van der Waals surface area (Å²) in [5.41, 5.74) is 7.12. The summed E-state index contributed by atoms with van der Waals surface area (Å²) in [4.78, 5) is 0. The van der Waals surface area contributed by atoms with Gasteiger partial charge in [-0.2, -0.15) is 0 Å². The smallest absolute Gasteiger partial charge is 0.211 e. The van der Waals surface area contributed by atoms with Gasteiger partial charge >= 0.3 is 0 Å². The summed E-state index contributed by atoms with van der Waals surface area (Å²) in [6.07, 6.45) is 1.56. The van der Waals surface area contributed by atoms with Gasteiger partial charge in [0, 0.05) is 12.2 Å². The minimum Gasteiger partial charge on any atom is -0.399 e. The van der Waals surface area contributed by atoms with Gasteiger partial charge in [-0.1, -0.05) is 25.5 Å². The standard InChI is InChI=1S/C11H18N2O2S/c1-2-3-7-16(14,15)13-9-10-5-4-6-11(12)8-10/h4-6,8,13H,2-3,7,9,12H2,1H3. The monoisotopic (exact) mass is 242 g/mol. The summed E-state index contributed by atoms with van der Waals surface area (Å²) < 4.78 is 25.6. The van der Waals surface area contributed by atoms with E-state index < -0.39 is 10.0 Å². The Morgan fingerprint density at radius 2 is 2.12 bits per heavy atom. The molecule has 0 spiro atoms. The number of nitrogens with two attached hydrogens (primary N) is 1. The average Bonchev–Trinajstić information content (AvgIpc) is 2.24. The summed E-state index contributed by atoms with van der Waals surface area (Å²) in [5.74, 6) is 0.186. The Kier molecular flexibility index (Phi) is 4.76. The van der Waals surface area contributed by atoms with Crippen LogP contribution in [0.3, 0.4) is 0 Å². The van der Waals surface area contributed by atoms with Crippen LogP contribution in [0.1, 0.15) is 25.3 Å². The molecule has 0 atom stereocenters. The summed E-state index contributed by atoms with van der Waals surface area (Å²) in [6.45, 7) is 2.27. The van der Waals surface area contributed by atoms with Crippen molar-refractivity contribution in [2.24, 2.45) is 0 Å². The normalized spacial score (nSPS) is 11.6. The van der Waals surface area contributed by atoms with Gasteiger partial charge in [-0.05, 0) is 24.1 Å². The Morgan fingerprint density at radius 3 is 2.75 bits per heavy atom. The van der Waals surface area contributed by atoms with Crippen LogP contribution >= 0.6 is 0 Å². The molecule has 1 aromatic rings. The SMILES string of the molecule is CCCCS(=O)(=O)NCc1cccc(N)c1. The van der Waals surface area contributed by atoms with Crippen molar-refractivity contribution in [3.05, 3.63) is 29.8 Å². The minimum absolute atomic E-state index is 0.186. The third kappa shape index (κ3) is 4.63. The van der Waals surface area contributed by atoms with Crippen molar-refractivity contribution >= 4 is 15.7 Å². The quantitative estimate of drug-likeness (QED) is 0.742. The van der Waals surface area contributed by atoms with Crippen molar-refractivity contribution in [2.75, 3.05) is 11.5 Å². The summed E-state index contributed by atoms with van der Waals surface area (Å²) in [5, 5.41) is 0. The highest BCUT2D eigenvalue weighted by Crippen LogP contribution is 2.06. The molecule has 0 bridgehead atoms. The van der Waals surface area contributed by atoms with E-state index >= 15 is 0 Å². The maximum absolute atomic E-state index is 11.5. The summed E-state index contributed by atoms with van der Waals surface area (Å²) in [7, 11) is -3.15. The lowest BCUT2D eigenvalue weighted by atomic mass is 10.2. The predicted molar refractivity (Wildman–Crippen MR) is 66.4 cm³/mol. The molecule has 0 fully saturated rings. The molecule has 0 aliphatic carbocycles. The zero-order valence-electron chi connectivity index (χ0n) is 9.44. The van der Waals surface area contributed by atoms with Gasteiger partial charge in [0.15, 0.2) is 0 Å². The number of anilines is 1. The number of nitrogen functional groups attached to an aromatic ring is 1. The molecule has 0 radical (unpaired) electrons. The van der Waals surface area contributed by atoms with Gasteiger partial charge in [0.05, 0.1) is 5.75 Å². The second-order valence-electron chi connectivity index (χ2n) is 3.74. The minimum atomic E-state index is -3.15. The van der Waals surface area contributed by atoms with Gasteiger partial charge in [0.1, 0.15) is 0 Å². The van der Waals surface area contributed by atoms with Gasteiger partial charge in [-0.3, -0.25) is 0 Å². The Balaban J connectivity index is 2.51. The molecule has 0 aliphatic heterocycles. The number of hydrogen-bond donors (Lipinski definition) is 2. The van der Waals surface area contributed by atoms with Crippen LogP contribution in [0.5, 0.6) is 0 Å². The van der Waals surface area contributed by atoms with Gasteiger partial charge < -0.3 is 5.73 Å². The predicted octanol–water partition coefficient (Wildman–Crippen LogP) is 1.49. The van der Waals surface area contributed by atoms with E-state index in [2.05, 4.69) is 4.72 Å². The number of rotatable bonds is 6. The number of unbranched alkanes of at least 4 members (excludes halogenated alkanes) is 1. The molecule has 5 heteroatoms. The van der Waals surface area contributed by atoms with Crippen LogP contribution in [0.4, 0.5) is 5.69 Å². The fourth-order valence-corrected chi connectivity index (χ4v) is 2.50. The summed E-state index contributed by atoms with van der Waals surface area (Å²) >= 11 is 0. The Morgan fingerprint density at radius 1 is 1.38 bits per heavy atom. The second-order valence-corrected chi connectivity index (χ2v) is 5.66. The van der Waals surface area contributed by atoms with Crippen LogP contribution in [-0.4, -0.2) is 14.2 Å². The lowest BCUT2D eigenvalue weighted by Gasteiger charge is -2.06. The van der Waals surface area contributed by atoms with E-state index in [1.54, 1.807) is 12.1 Å². The highest BCUT2D eigenvalue weighted by molar-refractivity contribution is 7.89. The van der Waals surface area contributed by atoms with Crippen LogP contribution in [0.2, 0.25) is 0 Å². The highest BCUT2D eigenvalue weighted by Gasteiger charge is 2.08. The third-order valence-electron chi connectivity index (χ3n) is 2.21.